The van der Waals surface area contributed by atoms with Crippen molar-refractivity contribution in [3.63, 3.8) is 0 Å². The second-order valence-corrected chi connectivity index (χ2v) is 5.38. The van der Waals surface area contributed by atoms with E-state index in [0.29, 0.717) is 6.61 Å². The minimum atomic E-state index is -0.619. The molecule has 0 aliphatic carbocycles. The van der Waals surface area contributed by atoms with E-state index in [-0.39, 0.29) is 11.5 Å². The topological polar surface area (TPSA) is 38.7 Å². The summed E-state index contributed by atoms with van der Waals surface area (Å²) in [7, 11) is 1.72. The van der Waals surface area contributed by atoms with Gasteiger partial charge < -0.3 is 14.6 Å². The molecular formula is C12H24O3. The van der Waals surface area contributed by atoms with Crippen LogP contribution in [0.4, 0.5) is 0 Å². The fraction of sp³-hybridized carbons (Fsp3) is 1.00. The van der Waals surface area contributed by atoms with E-state index in [9.17, 15) is 5.11 Å². The van der Waals surface area contributed by atoms with Crippen molar-refractivity contribution in [1.82, 2.24) is 0 Å². The summed E-state index contributed by atoms with van der Waals surface area (Å²) < 4.78 is 10.7. The highest BCUT2D eigenvalue weighted by Gasteiger charge is 2.35. The number of aliphatic hydroxyl groups is 1. The first-order valence-electron chi connectivity index (χ1n) is 5.73. The van der Waals surface area contributed by atoms with Gasteiger partial charge in [-0.3, -0.25) is 0 Å². The van der Waals surface area contributed by atoms with Gasteiger partial charge in [0.15, 0.2) is 0 Å². The summed E-state index contributed by atoms with van der Waals surface area (Å²) in [6.45, 7) is 7.50. The third kappa shape index (κ3) is 3.74. The van der Waals surface area contributed by atoms with E-state index in [1.165, 1.54) is 0 Å². The fourth-order valence-electron chi connectivity index (χ4n) is 1.89. The first-order valence-corrected chi connectivity index (χ1v) is 5.73. The molecule has 3 nitrogen and oxygen atoms in total. The predicted octanol–water partition coefficient (Wildman–Crippen LogP) is 1.98. The molecular weight excluding hydrogens is 192 g/mol. The highest BCUT2D eigenvalue weighted by atomic mass is 16.5. The van der Waals surface area contributed by atoms with Crippen LogP contribution >= 0.6 is 0 Å². The first-order chi connectivity index (χ1) is 6.87. The molecule has 0 aromatic heterocycles. The molecule has 1 rings (SSSR count). The quantitative estimate of drug-likeness (QED) is 0.763. The van der Waals surface area contributed by atoms with Gasteiger partial charge in [0.05, 0.1) is 17.8 Å². The monoisotopic (exact) mass is 216 g/mol. The van der Waals surface area contributed by atoms with Gasteiger partial charge in [0, 0.05) is 19.6 Å². The van der Waals surface area contributed by atoms with Gasteiger partial charge in [0.1, 0.15) is 0 Å². The van der Waals surface area contributed by atoms with E-state index in [4.69, 9.17) is 9.47 Å². The van der Waals surface area contributed by atoms with Gasteiger partial charge in [-0.1, -0.05) is 0 Å². The van der Waals surface area contributed by atoms with E-state index in [1.807, 2.05) is 20.8 Å². The van der Waals surface area contributed by atoms with E-state index in [0.717, 1.165) is 25.9 Å². The fourth-order valence-corrected chi connectivity index (χ4v) is 1.89. The van der Waals surface area contributed by atoms with Crippen LogP contribution in [0.2, 0.25) is 0 Å². The average Bonchev–Trinajstić information content (AvgIpc) is 2.69. The van der Waals surface area contributed by atoms with Crippen molar-refractivity contribution in [2.45, 2.75) is 51.2 Å². The number of ether oxygens (including phenoxy) is 2. The molecule has 1 aliphatic heterocycles. The molecule has 2 atom stereocenters. The summed E-state index contributed by atoms with van der Waals surface area (Å²) in [6.07, 6.45) is 2.61. The zero-order valence-corrected chi connectivity index (χ0v) is 10.4. The van der Waals surface area contributed by atoms with Crippen molar-refractivity contribution in [2.24, 2.45) is 5.92 Å². The summed E-state index contributed by atoms with van der Waals surface area (Å²) >= 11 is 0. The number of hydrogen-bond acceptors (Lipinski definition) is 3. The smallest absolute Gasteiger partial charge is 0.0671 e. The van der Waals surface area contributed by atoms with E-state index in [1.54, 1.807) is 7.11 Å². The van der Waals surface area contributed by atoms with Crippen LogP contribution in [0.5, 0.6) is 0 Å². The Labute approximate surface area is 92.8 Å². The average molecular weight is 216 g/mol. The molecule has 0 bridgehead atoms. The molecule has 0 saturated carbocycles. The third-order valence-electron chi connectivity index (χ3n) is 3.59. The van der Waals surface area contributed by atoms with Crippen molar-refractivity contribution in [3.05, 3.63) is 0 Å². The van der Waals surface area contributed by atoms with Gasteiger partial charge in [0.25, 0.3) is 0 Å². The van der Waals surface area contributed by atoms with E-state index < -0.39 is 5.60 Å². The molecule has 2 unspecified atom stereocenters. The van der Waals surface area contributed by atoms with Gasteiger partial charge in [0.2, 0.25) is 0 Å². The maximum atomic E-state index is 10.3. The minimum Gasteiger partial charge on any atom is -0.390 e. The van der Waals surface area contributed by atoms with Crippen LogP contribution in [-0.4, -0.2) is 36.6 Å². The van der Waals surface area contributed by atoms with E-state index in [2.05, 4.69) is 0 Å². The summed E-state index contributed by atoms with van der Waals surface area (Å²) in [5.41, 5.74) is -0.768. The van der Waals surface area contributed by atoms with Crippen LogP contribution in [-0.2, 0) is 9.47 Å². The molecule has 0 spiro atoms. The number of hydrogen-bond donors (Lipinski definition) is 1. The molecule has 1 heterocycles. The minimum absolute atomic E-state index is 0.149. The van der Waals surface area contributed by atoms with Crippen molar-refractivity contribution in [3.8, 4) is 0 Å². The highest BCUT2D eigenvalue weighted by Crippen LogP contribution is 2.32. The standard InChI is InChI=1S/C12H24O3/c1-11(2,14-4)6-7-12(3,13)10-5-8-15-9-10/h10,13H,5-9H2,1-4H3. The van der Waals surface area contributed by atoms with Crippen LogP contribution in [0.3, 0.4) is 0 Å². The van der Waals surface area contributed by atoms with Gasteiger partial charge in [-0.15, -0.1) is 0 Å². The summed E-state index contributed by atoms with van der Waals surface area (Å²) in [4.78, 5) is 0. The van der Waals surface area contributed by atoms with Gasteiger partial charge >= 0.3 is 0 Å². The van der Waals surface area contributed by atoms with Gasteiger partial charge in [-0.05, 0) is 40.0 Å². The predicted molar refractivity (Wildman–Crippen MR) is 59.9 cm³/mol. The largest absolute Gasteiger partial charge is 0.390 e. The van der Waals surface area contributed by atoms with Crippen LogP contribution in [0.1, 0.15) is 40.0 Å². The summed E-state index contributed by atoms with van der Waals surface area (Å²) in [5, 5.41) is 10.3. The molecule has 1 aliphatic rings. The molecule has 0 radical (unpaired) electrons. The highest BCUT2D eigenvalue weighted by molar-refractivity contribution is 4.86. The van der Waals surface area contributed by atoms with Crippen molar-refractivity contribution in [1.29, 1.82) is 0 Å². The molecule has 15 heavy (non-hydrogen) atoms. The lowest BCUT2D eigenvalue weighted by Gasteiger charge is -2.33. The Morgan fingerprint density at radius 1 is 1.33 bits per heavy atom. The molecule has 90 valence electrons. The zero-order valence-electron chi connectivity index (χ0n) is 10.4. The number of methoxy groups -OCH3 is 1. The van der Waals surface area contributed by atoms with Gasteiger partial charge in [-0.2, -0.15) is 0 Å². The lowest BCUT2D eigenvalue weighted by atomic mass is 9.82. The molecule has 0 amide bonds. The Bertz CT molecular complexity index is 193. The Balaban J connectivity index is 2.41. The summed E-state index contributed by atoms with van der Waals surface area (Å²) in [6, 6.07) is 0. The van der Waals surface area contributed by atoms with E-state index >= 15 is 0 Å². The van der Waals surface area contributed by atoms with Crippen molar-refractivity contribution >= 4 is 0 Å². The Hall–Kier alpha value is -0.120. The van der Waals surface area contributed by atoms with Gasteiger partial charge in [-0.25, -0.2) is 0 Å². The molecule has 3 heteroatoms. The maximum Gasteiger partial charge on any atom is 0.0671 e. The maximum absolute atomic E-state index is 10.3. The van der Waals surface area contributed by atoms with Crippen molar-refractivity contribution in [2.75, 3.05) is 20.3 Å². The third-order valence-corrected chi connectivity index (χ3v) is 3.59. The zero-order chi connectivity index (χ0) is 11.5. The molecule has 0 aromatic rings. The Morgan fingerprint density at radius 3 is 2.47 bits per heavy atom. The lowest BCUT2D eigenvalue weighted by Crippen LogP contribution is -2.37. The van der Waals surface area contributed by atoms with Crippen molar-refractivity contribution < 1.29 is 14.6 Å². The SMILES string of the molecule is COC(C)(C)CCC(C)(O)C1CCOC1. The van der Waals surface area contributed by atoms with Crippen LogP contribution in [0, 0.1) is 5.92 Å². The first kappa shape index (κ1) is 12.9. The van der Waals surface area contributed by atoms with Crippen LogP contribution in [0.25, 0.3) is 0 Å². The molecule has 1 N–H and O–H groups in total. The molecule has 1 saturated heterocycles. The molecule has 0 aromatic carbocycles. The molecule has 1 fully saturated rings. The Kier molecular flexibility index (Phi) is 4.15. The Morgan fingerprint density at radius 2 is 2.00 bits per heavy atom. The van der Waals surface area contributed by atoms with Crippen LogP contribution < -0.4 is 0 Å². The second-order valence-electron chi connectivity index (χ2n) is 5.38. The lowest BCUT2D eigenvalue weighted by molar-refractivity contribution is -0.0467. The summed E-state index contributed by atoms with van der Waals surface area (Å²) in [5.74, 6) is 0.283. The number of rotatable bonds is 5. The van der Waals surface area contributed by atoms with Crippen LogP contribution in [0.15, 0.2) is 0 Å². The second kappa shape index (κ2) is 4.81. The normalized spacial score (nSPS) is 26.6.